The third-order valence-electron chi connectivity index (χ3n) is 2.72. The third kappa shape index (κ3) is 8.85. The molecule has 90 valence electrons. The van der Waals surface area contributed by atoms with Crippen LogP contribution in [0.3, 0.4) is 0 Å². The smallest absolute Gasteiger partial charge is 0.0590 e. The van der Waals surface area contributed by atoms with Gasteiger partial charge in [0.1, 0.15) is 0 Å². The summed E-state index contributed by atoms with van der Waals surface area (Å²) >= 11 is 0. The molecular formula is C12H25NO2. The van der Waals surface area contributed by atoms with Crippen molar-refractivity contribution in [2.24, 2.45) is 5.92 Å². The minimum absolute atomic E-state index is 0.800. The lowest BCUT2D eigenvalue weighted by molar-refractivity contribution is 0.104. The minimum atomic E-state index is 0.800. The van der Waals surface area contributed by atoms with Gasteiger partial charge in [-0.3, -0.25) is 0 Å². The molecule has 0 heterocycles. The lowest BCUT2D eigenvalue weighted by atomic mass is 10.2. The summed E-state index contributed by atoms with van der Waals surface area (Å²) in [6.45, 7) is 4.58. The number of hydrogen-bond acceptors (Lipinski definition) is 3. The van der Waals surface area contributed by atoms with Crippen molar-refractivity contribution in [1.82, 2.24) is 5.32 Å². The highest BCUT2D eigenvalue weighted by atomic mass is 16.5. The fraction of sp³-hybridized carbons (Fsp3) is 1.00. The molecule has 0 bridgehead atoms. The van der Waals surface area contributed by atoms with E-state index in [0.717, 1.165) is 45.2 Å². The van der Waals surface area contributed by atoms with Crippen molar-refractivity contribution in [3.63, 3.8) is 0 Å². The molecule has 0 amide bonds. The van der Waals surface area contributed by atoms with Crippen LogP contribution in [0.4, 0.5) is 0 Å². The van der Waals surface area contributed by atoms with E-state index in [0.29, 0.717) is 0 Å². The highest BCUT2D eigenvalue weighted by Gasteiger charge is 2.19. The van der Waals surface area contributed by atoms with Gasteiger partial charge in [-0.15, -0.1) is 0 Å². The van der Waals surface area contributed by atoms with Crippen LogP contribution in [0.5, 0.6) is 0 Å². The summed E-state index contributed by atoms with van der Waals surface area (Å²) in [5.41, 5.74) is 0. The molecule has 3 nitrogen and oxygen atoms in total. The van der Waals surface area contributed by atoms with Crippen molar-refractivity contribution in [2.45, 2.75) is 32.1 Å². The molecule has 0 aliphatic heterocycles. The van der Waals surface area contributed by atoms with E-state index in [4.69, 9.17) is 9.47 Å². The van der Waals surface area contributed by atoms with Crippen molar-refractivity contribution >= 4 is 0 Å². The fourth-order valence-electron chi connectivity index (χ4n) is 1.60. The van der Waals surface area contributed by atoms with Crippen LogP contribution in [0.15, 0.2) is 0 Å². The SMILES string of the molecule is COCCCOCCNCCCC1CC1. The quantitative estimate of drug-likeness (QED) is 0.533. The Morgan fingerprint density at radius 3 is 2.67 bits per heavy atom. The first-order valence-corrected chi connectivity index (χ1v) is 6.21. The van der Waals surface area contributed by atoms with Crippen LogP contribution in [-0.2, 0) is 9.47 Å². The van der Waals surface area contributed by atoms with E-state index in [9.17, 15) is 0 Å². The maximum Gasteiger partial charge on any atom is 0.0590 e. The predicted molar refractivity (Wildman–Crippen MR) is 62.1 cm³/mol. The number of ether oxygens (including phenoxy) is 2. The molecule has 1 saturated carbocycles. The van der Waals surface area contributed by atoms with Crippen molar-refractivity contribution < 1.29 is 9.47 Å². The monoisotopic (exact) mass is 215 g/mol. The standard InChI is InChI=1S/C12H25NO2/c1-14-9-3-10-15-11-8-13-7-2-4-12-5-6-12/h12-13H,2-11H2,1H3. The van der Waals surface area contributed by atoms with Crippen LogP contribution in [0.25, 0.3) is 0 Å². The van der Waals surface area contributed by atoms with Gasteiger partial charge in [-0.2, -0.15) is 0 Å². The number of rotatable bonds is 11. The summed E-state index contributed by atoms with van der Waals surface area (Å²) < 4.78 is 10.4. The van der Waals surface area contributed by atoms with Gasteiger partial charge in [0.25, 0.3) is 0 Å². The van der Waals surface area contributed by atoms with Crippen LogP contribution in [0.1, 0.15) is 32.1 Å². The Balaban J connectivity index is 1.62. The highest BCUT2D eigenvalue weighted by Crippen LogP contribution is 2.33. The van der Waals surface area contributed by atoms with Gasteiger partial charge in [0.05, 0.1) is 6.61 Å². The first-order chi connectivity index (χ1) is 7.43. The largest absolute Gasteiger partial charge is 0.385 e. The molecule has 0 unspecified atom stereocenters. The zero-order valence-corrected chi connectivity index (χ0v) is 9.96. The Kier molecular flexibility index (Phi) is 7.88. The Labute approximate surface area is 93.5 Å². The Bertz CT molecular complexity index is 138. The lowest BCUT2D eigenvalue weighted by Gasteiger charge is -2.05. The molecule has 0 atom stereocenters. The molecule has 0 aromatic heterocycles. The summed E-state index contributed by atoms with van der Waals surface area (Å²) in [6.07, 6.45) is 6.69. The third-order valence-corrected chi connectivity index (χ3v) is 2.72. The van der Waals surface area contributed by atoms with Gasteiger partial charge in [-0.25, -0.2) is 0 Å². The molecule has 1 aliphatic carbocycles. The average Bonchev–Trinajstić information content (AvgIpc) is 3.05. The van der Waals surface area contributed by atoms with Crippen molar-refractivity contribution in [3.05, 3.63) is 0 Å². The second kappa shape index (κ2) is 9.13. The first-order valence-electron chi connectivity index (χ1n) is 6.21. The first kappa shape index (κ1) is 12.9. The molecule has 0 radical (unpaired) electrons. The molecule has 0 saturated heterocycles. The Morgan fingerprint density at radius 2 is 1.93 bits per heavy atom. The zero-order chi connectivity index (χ0) is 10.8. The Hall–Kier alpha value is -0.120. The Morgan fingerprint density at radius 1 is 1.07 bits per heavy atom. The fourth-order valence-corrected chi connectivity index (χ4v) is 1.60. The second-order valence-electron chi connectivity index (χ2n) is 4.29. The summed E-state index contributed by atoms with van der Waals surface area (Å²) in [5.74, 6) is 1.07. The van der Waals surface area contributed by atoms with Crippen molar-refractivity contribution in [3.8, 4) is 0 Å². The van der Waals surface area contributed by atoms with E-state index >= 15 is 0 Å². The van der Waals surface area contributed by atoms with E-state index in [1.54, 1.807) is 7.11 Å². The molecule has 1 fully saturated rings. The van der Waals surface area contributed by atoms with Gasteiger partial charge >= 0.3 is 0 Å². The van der Waals surface area contributed by atoms with Crippen LogP contribution in [0.2, 0.25) is 0 Å². The van der Waals surface area contributed by atoms with Gasteiger partial charge < -0.3 is 14.8 Å². The molecule has 0 aromatic carbocycles. The summed E-state index contributed by atoms with van der Waals surface area (Å²) in [6, 6.07) is 0. The summed E-state index contributed by atoms with van der Waals surface area (Å²) in [4.78, 5) is 0. The second-order valence-corrected chi connectivity index (χ2v) is 4.29. The van der Waals surface area contributed by atoms with E-state index in [2.05, 4.69) is 5.32 Å². The molecule has 3 heteroatoms. The summed E-state index contributed by atoms with van der Waals surface area (Å²) in [5, 5.41) is 3.40. The van der Waals surface area contributed by atoms with Crippen molar-refractivity contribution in [2.75, 3.05) is 40.0 Å². The maximum atomic E-state index is 5.43. The van der Waals surface area contributed by atoms with E-state index in [-0.39, 0.29) is 0 Å². The number of nitrogens with one attached hydrogen (secondary N) is 1. The molecule has 15 heavy (non-hydrogen) atoms. The molecule has 0 aromatic rings. The molecule has 0 spiro atoms. The van der Waals surface area contributed by atoms with E-state index in [1.807, 2.05) is 0 Å². The van der Waals surface area contributed by atoms with Gasteiger partial charge in [0.2, 0.25) is 0 Å². The minimum Gasteiger partial charge on any atom is -0.385 e. The van der Waals surface area contributed by atoms with Crippen LogP contribution in [-0.4, -0.2) is 40.0 Å². The maximum absolute atomic E-state index is 5.43. The summed E-state index contributed by atoms with van der Waals surface area (Å²) in [7, 11) is 1.72. The van der Waals surface area contributed by atoms with Crippen molar-refractivity contribution in [1.29, 1.82) is 0 Å². The number of hydrogen-bond donors (Lipinski definition) is 1. The molecular weight excluding hydrogens is 190 g/mol. The average molecular weight is 215 g/mol. The van der Waals surface area contributed by atoms with E-state index in [1.165, 1.54) is 25.7 Å². The van der Waals surface area contributed by atoms with Crippen LogP contribution >= 0.6 is 0 Å². The van der Waals surface area contributed by atoms with Crippen LogP contribution < -0.4 is 5.32 Å². The zero-order valence-electron chi connectivity index (χ0n) is 9.96. The normalized spacial score (nSPS) is 15.8. The lowest BCUT2D eigenvalue weighted by Crippen LogP contribution is -2.21. The predicted octanol–water partition coefficient (Wildman–Crippen LogP) is 1.82. The van der Waals surface area contributed by atoms with Crippen LogP contribution in [0, 0.1) is 5.92 Å². The number of methoxy groups -OCH3 is 1. The molecule has 1 rings (SSSR count). The highest BCUT2D eigenvalue weighted by molar-refractivity contribution is 4.72. The topological polar surface area (TPSA) is 30.5 Å². The molecule has 1 N–H and O–H groups in total. The van der Waals surface area contributed by atoms with Gasteiger partial charge in [0.15, 0.2) is 0 Å². The van der Waals surface area contributed by atoms with Gasteiger partial charge in [-0.1, -0.05) is 12.8 Å². The van der Waals surface area contributed by atoms with Gasteiger partial charge in [-0.05, 0) is 31.7 Å². The van der Waals surface area contributed by atoms with Gasteiger partial charge in [0, 0.05) is 26.9 Å². The van der Waals surface area contributed by atoms with E-state index < -0.39 is 0 Å². The molecule has 1 aliphatic rings.